The lowest BCUT2D eigenvalue weighted by molar-refractivity contribution is -0.139. The number of furan rings is 1. The topological polar surface area (TPSA) is 142 Å². The van der Waals surface area contributed by atoms with Crippen LogP contribution in [0.4, 0.5) is 0 Å². The Labute approximate surface area is 223 Å². The van der Waals surface area contributed by atoms with E-state index in [0.717, 1.165) is 5.56 Å². The normalized spacial score (nSPS) is 19.4. The molecule has 4 N–H and O–H groups in total. The molecular weight excluding hydrogens is 583 g/mol. The number of carbonyl (C=O) groups is 2. The average Bonchev–Trinajstić information content (AvgIpc) is 3.40. The Bertz CT molecular complexity index is 1070. The van der Waals surface area contributed by atoms with Gasteiger partial charge in [-0.15, -0.1) is 0 Å². The van der Waals surface area contributed by atoms with Crippen LogP contribution >= 0.6 is 22.6 Å². The molecule has 0 saturated carbocycles. The molecule has 36 heavy (non-hydrogen) atoms. The lowest BCUT2D eigenvalue weighted by Crippen LogP contribution is -2.54. The quantitative estimate of drug-likeness (QED) is 0.281. The van der Waals surface area contributed by atoms with E-state index in [1.54, 1.807) is 25.1 Å². The fraction of sp³-hybridized carbons (Fsp3) is 0.440. The molecule has 1 aromatic carbocycles. The molecule has 0 spiro atoms. The number of benzene rings is 1. The Kier molecular flexibility index (Phi) is 10.2. The molecule has 1 aromatic heterocycles. The van der Waals surface area contributed by atoms with E-state index in [1.807, 2.05) is 22.6 Å². The first-order valence-corrected chi connectivity index (χ1v) is 12.6. The van der Waals surface area contributed by atoms with Gasteiger partial charge in [0.1, 0.15) is 12.2 Å². The summed E-state index contributed by atoms with van der Waals surface area (Å²) in [4.78, 5) is 27.4. The smallest absolute Gasteiger partial charge is 0.247 e. The van der Waals surface area contributed by atoms with Crippen molar-refractivity contribution in [1.29, 1.82) is 0 Å². The minimum atomic E-state index is -1.17. The maximum absolute atomic E-state index is 13.0. The molecule has 0 saturated heterocycles. The van der Waals surface area contributed by atoms with Crippen molar-refractivity contribution < 1.29 is 38.8 Å². The number of nitrogens with one attached hydrogen (secondary N) is 1. The first-order chi connectivity index (χ1) is 17.3. The number of amides is 2. The van der Waals surface area contributed by atoms with Gasteiger partial charge in [0, 0.05) is 37.1 Å². The van der Waals surface area contributed by atoms with Gasteiger partial charge in [0.2, 0.25) is 11.8 Å². The molecular formula is C25H31IN2O8. The van der Waals surface area contributed by atoms with Crippen molar-refractivity contribution >= 4 is 34.4 Å². The largest absolute Gasteiger partial charge is 0.493 e. The number of ether oxygens (including phenoxy) is 2. The Morgan fingerprint density at radius 3 is 2.67 bits per heavy atom. The van der Waals surface area contributed by atoms with E-state index in [-0.39, 0.29) is 45.1 Å². The fourth-order valence-electron chi connectivity index (χ4n) is 4.07. The summed E-state index contributed by atoms with van der Waals surface area (Å²) in [6, 6.07) is 4.33. The number of hydrogen-bond donors (Lipinski definition) is 4. The summed E-state index contributed by atoms with van der Waals surface area (Å²) < 4.78 is 17.4. The second-order valence-electron chi connectivity index (χ2n) is 8.29. The van der Waals surface area contributed by atoms with Crippen LogP contribution in [0.3, 0.4) is 0 Å². The molecule has 0 radical (unpaired) electrons. The summed E-state index contributed by atoms with van der Waals surface area (Å²) in [7, 11) is 1.47. The second kappa shape index (κ2) is 13.1. The van der Waals surface area contributed by atoms with Crippen molar-refractivity contribution in [3.8, 4) is 11.5 Å². The Balaban J connectivity index is 2.00. The Morgan fingerprint density at radius 1 is 1.28 bits per heavy atom. The lowest BCUT2D eigenvalue weighted by Gasteiger charge is -2.40. The van der Waals surface area contributed by atoms with Crippen molar-refractivity contribution in [2.75, 3.05) is 20.3 Å². The van der Waals surface area contributed by atoms with Crippen molar-refractivity contribution in [2.45, 2.75) is 51.2 Å². The Hall–Kier alpha value is -2.61. The maximum atomic E-state index is 13.0. The number of aliphatic hydroxyl groups is 3. The second-order valence-corrected chi connectivity index (χ2v) is 9.45. The van der Waals surface area contributed by atoms with Crippen LogP contribution in [-0.2, 0) is 22.7 Å². The van der Waals surface area contributed by atoms with Gasteiger partial charge in [-0.25, -0.2) is 0 Å². The van der Waals surface area contributed by atoms with E-state index in [0.29, 0.717) is 26.2 Å². The van der Waals surface area contributed by atoms with Crippen LogP contribution in [0, 0.1) is 3.57 Å². The molecule has 3 atom stereocenters. The van der Waals surface area contributed by atoms with Gasteiger partial charge in [-0.3, -0.25) is 9.59 Å². The molecule has 1 heterocycles. The van der Waals surface area contributed by atoms with E-state index < -0.39 is 24.2 Å². The van der Waals surface area contributed by atoms with Crippen LogP contribution in [0.25, 0.3) is 0 Å². The summed E-state index contributed by atoms with van der Waals surface area (Å²) in [5.74, 6) is 0.0870. The SMILES string of the molecule is CCC(=O)N(Cc1ccoc1)C1CC(C(=O)NCCO)=CC(Oc2c(I)cc(CO)cc2OC)C1O. The Morgan fingerprint density at radius 2 is 2.06 bits per heavy atom. The molecule has 11 heteroatoms. The molecule has 1 aliphatic rings. The lowest BCUT2D eigenvalue weighted by atomic mass is 9.87. The highest BCUT2D eigenvalue weighted by Crippen LogP contribution is 2.37. The van der Waals surface area contributed by atoms with Gasteiger partial charge in [-0.05, 0) is 52.4 Å². The van der Waals surface area contributed by atoms with Gasteiger partial charge in [0.25, 0.3) is 0 Å². The average molecular weight is 614 g/mol. The number of halogens is 1. The van der Waals surface area contributed by atoms with Crippen LogP contribution in [-0.4, -0.2) is 70.5 Å². The van der Waals surface area contributed by atoms with E-state index in [1.165, 1.54) is 30.6 Å². The maximum Gasteiger partial charge on any atom is 0.247 e. The van der Waals surface area contributed by atoms with E-state index >= 15 is 0 Å². The van der Waals surface area contributed by atoms with Crippen LogP contribution in [0.2, 0.25) is 0 Å². The molecule has 1 aliphatic carbocycles. The van der Waals surface area contributed by atoms with E-state index in [9.17, 15) is 19.8 Å². The number of aliphatic hydroxyl groups excluding tert-OH is 3. The first kappa shape index (κ1) is 28.0. The van der Waals surface area contributed by atoms with Crippen LogP contribution in [0.1, 0.15) is 30.9 Å². The zero-order valence-electron chi connectivity index (χ0n) is 20.1. The van der Waals surface area contributed by atoms with Crippen LogP contribution < -0.4 is 14.8 Å². The fourth-order valence-corrected chi connectivity index (χ4v) is 4.86. The number of rotatable bonds is 11. The third-order valence-electron chi connectivity index (χ3n) is 5.90. The van der Waals surface area contributed by atoms with Crippen LogP contribution in [0.15, 0.2) is 46.8 Å². The highest BCUT2D eigenvalue weighted by molar-refractivity contribution is 14.1. The van der Waals surface area contributed by atoms with Crippen LogP contribution in [0.5, 0.6) is 11.5 Å². The molecule has 0 bridgehead atoms. The van der Waals surface area contributed by atoms with Gasteiger partial charge < -0.3 is 39.4 Å². The third-order valence-corrected chi connectivity index (χ3v) is 6.70. The monoisotopic (exact) mass is 614 g/mol. The summed E-state index contributed by atoms with van der Waals surface area (Å²) >= 11 is 2.05. The van der Waals surface area contributed by atoms with E-state index in [2.05, 4.69) is 5.32 Å². The number of nitrogens with zero attached hydrogens (tertiary/aromatic N) is 1. The molecule has 0 fully saturated rings. The first-order valence-electron chi connectivity index (χ1n) is 11.5. The zero-order valence-corrected chi connectivity index (χ0v) is 22.3. The van der Waals surface area contributed by atoms with Gasteiger partial charge in [0.05, 0.1) is 42.5 Å². The van der Waals surface area contributed by atoms with Crippen molar-refractivity contribution in [3.63, 3.8) is 0 Å². The van der Waals surface area contributed by atoms with Crippen molar-refractivity contribution in [1.82, 2.24) is 10.2 Å². The number of carbonyl (C=O) groups excluding carboxylic acids is 2. The minimum absolute atomic E-state index is 0.0654. The summed E-state index contributed by atoms with van der Waals surface area (Å²) in [5, 5.41) is 32.7. The molecule has 3 rings (SSSR count). The zero-order chi connectivity index (χ0) is 26.2. The van der Waals surface area contributed by atoms with Crippen molar-refractivity contribution in [2.24, 2.45) is 0 Å². The predicted octanol–water partition coefficient (Wildman–Crippen LogP) is 1.74. The van der Waals surface area contributed by atoms with Gasteiger partial charge >= 0.3 is 0 Å². The third kappa shape index (κ3) is 6.58. The van der Waals surface area contributed by atoms with Gasteiger partial charge in [-0.2, -0.15) is 0 Å². The summed E-state index contributed by atoms with van der Waals surface area (Å²) in [5.41, 5.74) is 1.70. The summed E-state index contributed by atoms with van der Waals surface area (Å²) in [6.07, 6.45) is 2.72. The molecule has 10 nitrogen and oxygen atoms in total. The van der Waals surface area contributed by atoms with Gasteiger partial charge in [-0.1, -0.05) is 6.92 Å². The summed E-state index contributed by atoms with van der Waals surface area (Å²) in [6.45, 7) is 1.58. The highest BCUT2D eigenvalue weighted by atomic mass is 127. The molecule has 196 valence electrons. The van der Waals surface area contributed by atoms with Gasteiger partial charge in [0.15, 0.2) is 11.5 Å². The molecule has 0 aliphatic heterocycles. The molecule has 3 unspecified atom stereocenters. The minimum Gasteiger partial charge on any atom is -0.493 e. The van der Waals surface area contributed by atoms with E-state index in [4.69, 9.17) is 19.0 Å². The number of methoxy groups -OCH3 is 1. The van der Waals surface area contributed by atoms with Crippen molar-refractivity contribution in [3.05, 3.63) is 57.1 Å². The highest BCUT2D eigenvalue weighted by Gasteiger charge is 2.40. The number of hydrogen-bond acceptors (Lipinski definition) is 8. The molecule has 2 amide bonds. The molecule has 2 aromatic rings. The standard InChI is InChI=1S/C25H31IN2O8/c1-3-22(31)28(12-15-4-7-35-14-15)19-10-17(25(33)27-5-6-29)11-20(23(19)32)36-24-18(26)8-16(13-30)9-21(24)34-2/h4,7-9,11,14,19-20,23,29-30,32H,3,5-6,10,12-13H2,1-2H3,(H,27,33). The predicted molar refractivity (Wildman–Crippen MR) is 138 cm³/mol.